The minimum absolute atomic E-state index is 0.167. The fraction of sp³-hybridized carbons (Fsp3) is 0.529. The van der Waals surface area contributed by atoms with E-state index < -0.39 is 0 Å². The van der Waals surface area contributed by atoms with Crippen molar-refractivity contribution in [3.63, 3.8) is 0 Å². The van der Waals surface area contributed by atoms with Crippen molar-refractivity contribution < 1.29 is 0 Å². The summed E-state index contributed by atoms with van der Waals surface area (Å²) < 4.78 is 1.92. The molecule has 0 aliphatic carbocycles. The summed E-state index contributed by atoms with van der Waals surface area (Å²) in [5.41, 5.74) is 12.3. The highest BCUT2D eigenvalue weighted by Gasteiger charge is 2.17. The number of nitrogen functional groups attached to an aromatic ring is 1. The van der Waals surface area contributed by atoms with E-state index in [4.69, 9.17) is 5.73 Å². The van der Waals surface area contributed by atoms with Gasteiger partial charge in [0.15, 0.2) is 5.82 Å². The number of aromatic nitrogens is 3. The van der Waals surface area contributed by atoms with E-state index in [0.29, 0.717) is 5.82 Å². The summed E-state index contributed by atoms with van der Waals surface area (Å²) in [6.07, 6.45) is 0.844. The average molecular weight is 286 g/mol. The normalized spacial score (nSPS) is 11.9. The smallest absolute Gasteiger partial charge is 0.169 e. The lowest BCUT2D eigenvalue weighted by atomic mass is 9.84. The third-order valence-corrected chi connectivity index (χ3v) is 4.07. The van der Waals surface area contributed by atoms with Crippen LogP contribution in [0.1, 0.15) is 55.6 Å². The van der Waals surface area contributed by atoms with E-state index in [0.717, 1.165) is 18.7 Å². The van der Waals surface area contributed by atoms with Crippen LogP contribution in [0.2, 0.25) is 0 Å². The maximum absolute atomic E-state index is 5.87. The standard InChI is InChI=1S/C17H26N4/c1-7-15-16(18)19-20-21(15)10-14-11(2)8-13(9-12(14)3)17(4,5)6/h8-9H,7,10,18H2,1-6H3. The Labute approximate surface area is 127 Å². The number of rotatable bonds is 3. The first kappa shape index (κ1) is 15.5. The zero-order chi connectivity index (χ0) is 15.8. The van der Waals surface area contributed by atoms with Crippen molar-refractivity contribution in [1.82, 2.24) is 15.0 Å². The summed E-state index contributed by atoms with van der Waals surface area (Å²) in [5, 5.41) is 8.17. The number of nitrogens with two attached hydrogens (primary N) is 1. The van der Waals surface area contributed by atoms with Gasteiger partial charge in [-0.1, -0.05) is 45.0 Å². The Morgan fingerprint density at radius 3 is 2.19 bits per heavy atom. The topological polar surface area (TPSA) is 56.7 Å². The molecule has 0 bridgehead atoms. The van der Waals surface area contributed by atoms with Crippen molar-refractivity contribution in [2.45, 2.75) is 59.9 Å². The number of anilines is 1. The highest BCUT2D eigenvalue weighted by molar-refractivity contribution is 5.41. The van der Waals surface area contributed by atoms with E-state index in [1.165, 1.54) is 22.3 Å². The van der Waals surface area contributed by atoms with Crippen LogP contribution in [0.4, 0.5) is 5.82 Å². The molecule has 0 atom stereocenters. The molecule has 4 heteroatoms. The Balaban J connectivity index is 2.41. The van der Waals surface area contributed by atoms with Gasteiger partial charge in [0.2, 0.25) is 0 Å². The highest BCUT2D eigenvalue weighted by atomic mass is 15.4. The van der Waals surface area contributed by atoms with Gasteiger partial charge in [-0.3, -0.25) is 0 Å². The Kier molecular flexibility index (Phi) is 4.08. The molecular formula is C17H26N4. The van der Waals surface area contributed by atoms with Crippen molar-refractivity contribution in [2.24, 2.45) is 0 Å². The lowest BCUT2D eigenvalue weighted by Crippen LogP contribution is -2.14. The molecule has 1 heterocycles. The van der Waals surface area contributed by atoms with Gasteiger partial charge >= 0.3 is 0 Å². The van der Waals surface area contributed by atoms with Crippen LogP contribution in [-0.2, 0) is 18.4 Å². The van der Waals surface area contributed by atoms with Gasteiger partial charge in [0, 0.05) is 0 Å². The van der Waals surface area contributed by atoms with Crippen molar-refractivity contribution in [3.05, 3.63) is 40.1 Å². The molecule has 4 nitrogen and oxygen atoms in total. The maximum atomic E-state index is 5.87. The predicted octanol–water partition coefficient (Wildman–Crippen LogP) is 3.39. The van der Waals surface area contributed by atoms with Gasteiger partial charge < -0.3 is 5.73 Å². The van der Waals surface area contributed by atoms with Gasteiger partial charge in [-0.25, -0.2) is 4.68 Å². The van der Waals surface area contributed by atoms with Gasteiger partial charge in [-0.2, -0.15) is 0 Å². The van der Waals surface area contributed by atoms with Crippen molar-refractivity contribution in [3.8, 4) is 0 Å². The summed E-state index contributed by atoms with van der Waals surface area (Å²) in [5.74, 6) is 0.541. The van der Waals surface area contributed by atoms with Crippen LogP contribution in [0, 0.1) is 13.8 Å². The van der Waals surface area contributed by atoms with Crippen LogP contribution in [0.25, 0.3) is 0 Å². The Morgan fingerprint density at radius 2 is 1.71 bits per heavy atom. The second-order valence-corrected chi connectivity index (χ2v) is 6.77. The Morgan fingerprint density at radius 1 is 1.14 bits per heavy atom. The predicted molar refractivity (Wildman–Crippen MR) is 87.5 cm³/mol. The molecule has 2 rings (SSSR count). The molecule has 0 saturated carbocycles. The first-order chi connectivity index (χ1) is 9.74. The molecule has 0 amide bonds. The van der Waals surface area contributed by atoms with Crippen molar-refractivity contribution in [1.29, 1.82) is 0 Å². The van der Waals surface area contributed by atoms with Crippen LogP contribution in [0.5, 0.6) is 0 Å². The quantitative estimate of drug-likeness (QED) is 0.941. The van der Waals surface area contributed by atoms with Gasteiger partial charge in [0.05, 0.1) is 12.2 Å². The van der Waals surface area contributed by atoms with E-state index >= 15 is 0 Å². The first-order valence-electron chi connectivity index (χ1n) is 7.52. The summed E-state index contributed by atoms with van der Waals surface area (Å²) in [4.78, 5) is 0. The summed E-state index contributed by atoms with van der Waals surface area (Å²) in [6, 6.07) is 4.57. The fourth-order valence-electron chi connectivity index (χ4n) is 2.66. The van der Waals surface area contributed by atoms with Crippen LogP contribution in [-0.4, -0.2) is 15.0 Å². The zero-order valence-corrected chi connectivity index (χ0v) is 14.0. The number of hydrogen-bond acceptors (Lipinski definition) is 3. The van der Waals surface area contributed by atoms with Crippen LogP contribution in [0.3, 0.4) is 0 Å². The minimum atomic E-state index is 0.167. The maximum Gasteiger partial charge on any atom is 0.169 e. The lowest BCUT2D eigenvalue weighted by Gasteiger charge is -2.22. The SMILES string of the molecule is CCc1c(N)nnn1Cc1c(C)cc(C(C)(C)C)cc1C. The molecule has 114 valence electrons. The third kappa shape index (κ3) is 3.09. The van der Waals surface area contributed by atoms with E-state index in [1.54, 1.807) is 0 Å². The van der Waals surface area contributed by atoms with Crippen LogP contribution < -0.4 is 5.73 Å². The first-order valence-corrected chi connectivity index (χ1v) is 7.52. The molecule has 0 spiro atoms. The molecule has 0 unspecified atom stereocenters. The molecule has 21 heavy (non-hydrogen) atoms. The van der Waals surface area contributed by atoms with E-state index in [9.17, 15) is 0 Å². The molecule has 0 radical (unpaired) electrons. The van der Waals surface area contributed by atoms with Gasteiger partial charge in [-0.15, -0.1) is 5.10 Å². The van der Waals surface area contributed by atoms with Gasteiger partial charge in [-0.05, 0) is 47.9 Å². The molecule has 2 N–H and O–H groups in total. The molecule has 1 aromatic carbocycles. The molecule has 0 aliphatic heterocycles. The Hall–Kier alpha value is -1.84. The van der Waals surface area contributed by atoms with Gasteiger partial charge in [0.25, 0.3) is 0 Å². The van der Waals surface area contributed by atoms with Crippen LogP contribution in [0.15, 0.2) is 12.1 Å². The number of aryl methyl sites for hydroxylation is 2. The van der Waals surface area contributed by atoms with Gasteiger partial charge in [0.1, 0.15) is 0 Å². The fourth-order valence-corrected chi connectivity index (χ4v) is 2.66. The van der Waals surface area contributed by atoms with E-state index in [1.807, 2.05) is 4.68 Å². The minimum Gasteiger partial charge on any atom is -0.381 e. The Bertz CT molecular complexity index is 624. The monoisotopic (exact) mass is 286 g/mol. The van der Waals surface area contributed by atoms with Crippen LogP contribution >= 0.6 is 0 Å². The number of nitrogens with zero attached hydrogens (tertiary/aromatic N) is 3. The molecule has 0 aliphatic rings. The second-order valence-electron chi connectivity index (χ2n) is 6.77. The summed E-state index contributed by atoms with van der Waals surface area (Å²) in [6.45, 7) is 13.9. The van der Waals surface area contributed by atoms with Crippen molar-refractivity contribution in [2.75, 3.05) is 5.73 Å². The molecular weight excluding hydrogens is 260 g/mol. The van der Waals surface area contributed by atoms with E-state index in [2.05, 4.69) is 64.0 Å². The summed E-state index contributed by atoms with van der Waals surface area (Å²) in [7, 11) is 0. The molecule has 2 aromatic rings. The average Bonchev–Trinajstić information content (AvgIpc) is 2.72. The molecule has 0 fully saturated rings. The molecule has 1 aromatic heterocycles. The second kappa shape index (κ2) is 5.51. The largest absolute Gasteiger partial charge is 0.381 e. The molecule has 0 saturated heterocycles. The number of benzene rings is 1. The zero-order valence-electron chi connectivity index (χ0n) is 14.0. The number of hydrogen-bond donors (Lipinski definition) is 1. The van der Waals surface area contributed by atoms with Crippen molar-refractivity contribution >= 4 is 5.82 Å². The third-order valence-electron chi connectivity index (χ3n) is 4.07. The van der Waals surface area contributed by atoms with E-state index in [-0.39, 0.29) is 5.41 Å². The lowest BCUT2D eigenvalue weighted by molar-refractivity contribution is 0.585. The summed E-state index contributed by atoms with van der Waals surface area (Å²) >= 11 is 0. The highest BCUT2D eigenvalue weighted by Crippen LogP contribution is 2.27.